The predicted molar refractivity (Wildman–Crippen MR) is 117 cm³/mol. The fourth-order valence-corrected chi connectivity index (χ4v) is 4.57. The maximum absolute atomic E-state index is 14.5. The van der Waals surface area contributed by atoms with Gasteiger partial charge in [0.05, 0.1) is 17.7 Å². The van der Waals surface area contributed by atoms with E-state index in [9.17, 15) is 4.39 Å². The molecule has 0 unspecified atom stereocenters. The predicted octanol–water partition coefficient (Wildman–Crippen LogP) is 3.64. The molecule has 1 aromatic carbocycles. The fourth-order valence-electron chi connectivity index (χ4n) is 4.57. The van der Waals surface area contributed by atoms with Gasteiger partial charge < -0.3 is 19.5 Å². The van der Waals surface area contributed by atoms with Crippen LogP contribution in [0.5, 0.6) is 0 Å². The van der Waals surface area contributed by atoms with E-state index >= 15 is 0 Å². The molecular weight excluding hydrogens is 397 g/mol. The van der Waals surface area contributed by atoms with Gasteiger partial charge in [0, 0.05) is 43.2 Å². The van der Waals surface area contributed by atoms with Crippen LogP contribution in [0.25, 0.3) is 22.4 Å². The zero-order valence-corrected chi connectivity index (χ0v) is 18.0. The van der Waals surface area contributed by atoms with Crippen LogP contribution >= 0.6 is 0 Å². The summed E-state index contributed by atoms with van der Waals surface area (Å²) in [5.74, 6) is 1.60. The Morgan fingerprint density at radius 2 is 1.97 bits per heavy atom. The first-order valence-electron chi connectivity index (χ1n) is 11.1. The van der Waals surface area contributed by atoms with Crippen molar-refractivity contribution in [2.75, 3.05) is 31.2 Å². The molecule has 2 aliphatic heterocycles. The fraction of sp³-hybridized carbons (Fsp3) is 0.522. The molecular formula is C23H28FN5O2. The third-order valence-electron chi connectivity index (χ3n) is 6.30. The first-order chi connectivity index (χ1) is 15.1. The number of fused-ring (bicyclic) bond motifs is 1. The van der Waals surface area contributed by atoms with E-state index in [1.54, 1.807) is 6.92 Å². The average molecular weight is 426 g/mol. The van der Waals surface area contributed by atoms with Crippen molar-refractivity contribution >= 4 is 16.7 Å². The van der Waals surface area contributed by atoms with E-state index in [-0.39, 0.29) is 5.82 Å². The number of piperidine rings is 1. The van der Waals surface area contributed by atoms with Gasteiger partial charge in [-0.25, -0.2) is 9.37 Å². The number of anilines is 1. The summed E-state index contributed by atoms with van der Waals surface area (Å²) in [6, 6.07) is 6.34. The molecule has 0 bridgehead atoms. The minimum absolute atomic E-state index is 0.212. The van der Waals surface area contributed by atoms with Gasteiger partial charge in [0.1, 0.15) is 11.6 Å². The molecule has 0 amide bonds. The zero-order valence-electron chi connectivity index (χ0n) is 18.0. The van der Waals surface area contributed by atoms with Gasteiger partial charge in [0.25, 0.3) is 5.89 Å². The normalized spacial score (nSPS) is 20.1. The molecule has 8 heteroatoms. The molecule has 31 heavy (non-hydrogen) atoms. The lowest BCUT2D eigenvalue weighted by Crippen LogP contribution is -2.46. The average Bonchev–Trinajstić information content (AvgIpc) is 3.45. The summed E-state index contributed by atoms with van der Waals surface area (Å²) in [6.45, 7) is 7.12. The largest absolute Gasteiger partial charge is 0.380 e. The quantitative estimate of drug-likeness (QED) is 0.669. The summed E-state index contributed by atoms with van der Waals surface area (Å²) in [6.07, 6.45) is 3.74. The molecule has 7 nitrogen and oxygen atoms in total. The second kappa shape index (κ2) is 8.51. The Bertz CT molecular complexity index is 1070. The molecule has 1 atom stereocenters. The molecule has 2 aromatic heterocycles. The van der Waals surface area contributed by atoms with E-state index in [2.05, 4.69) is 20.4 Å². The second-order valence-electron chi connectivity index (χ2n) is 8.48. The van der Waals surface area contributed by atoms with E-state index in [0.717, 1.165) is 62.3 Å². The van der Waals surface area contributed by atoms with E-state index in [0.29, 0.717) is 41.3 Å². The van der Waals surface area contributed by atoms with E-state index in [1.807, 2.05) is 19.1 Å². The summed E-state index contributed by atoms with van der Waals surface area (Å²) in [7, 11) is 0. The highest BCUT2D eigenvalue weighted by atomic mass is 19.1. The van der Waals surface area contributed by atoms with E-state index in [4.69, 9.17) is 14.2 Å². The molecule has 1 N–H and O–H groups in total. The smallest absolute Gasteiger partial charge is 0.261 e. The van der Waals surface area contributed by atoms with Crippen molar-refractivity contribution in [1.29, 1.82) is 0 Å². The zero-order chi connectivity index (χ0) is 21.4. The van der Waals surface area contributed by atoms with Crippen molar-refractivity contribution in [3.8, 4) is 11.5 Å². The van der Waals surface area contributed by atoms with Crippen molar-refractivity contribution < 1.29 is 13.7 Å². The number of benzene rings is 1. The van der Waals surface area contributed by atoms with Crippen LogP contribution in [-0.4, -0.2) is 53.5 Å². The molecule has 0 radical (unpaired) electrons. The molecule has 4 heterocycles. The van der Waals surface area contributed by atoms with Crippen molar-refractivity contribution in [2.45, 2.75) is 51.6 Å². The van der Waals surface area contributed by atoms with Crippen molar-refractivity contribution in [2.24, 2.45) is 0 Å². The van der Waals surface area contributed by atoms with Crippen molar-refractivity contribution in [3.63, 3.8) is 0 Å². The number of halogens is 1. The van der Waals surface area contributed by atoms with E-state index in [1.165, 1.54) is 6.07 Å². The lowest BCUT2D eigenvalue weighted by atomic mass is 10.0. The van der Waals surface area contributed by atoms with Crippen LogP contribution in [0.15, 0.2) is 22.7 Å². The summed E-state index contributed by atoms with van der Waals surface area (Å²) >= 11 is 0. The molecule has 3 aromatic rings. The Hall–Kier alpha value is -2.58. The summed E-state index contributed by atoms with van der Waals surface area (Å²) in [5.41, 5.74) is 2.13. The maximum atomic E-state index is 14.5. The molecule has 2 fully saturated rings. The molecule has 2 aliphatic rings. The number of aromatic nitrogens is 3. The number of nitrogens with one attached hydrogen (secondary N) is 1. The van der Waals surface area contributed by atoms with E-state index < -0.39 is 0 Å². The van der Waals surface area contributed by atoms with Gasteiger partial charge >= 0.3 is 0 Å². The topological polar surface area (TPSA) is 76.3 Å². The number of rotatable bonds is 5. The third kappa shape index (κ3) is 4.14. The summed E-state index contributed by atoms with van der Waals surface area (Å²) in [5, 5.41) is 8.57. The van der Waals surface area contributed by atoms with Gasteiger partial charge in [0.15, 0.2) is 5.82 Å². The van der Waals surface area contributed by atoms with Crippen LogP contribution in [0, 0.1) is 12.7 Å². The van der Waals surface area contributed by atoms with Gasteiger partial charge in [-0.05, 0) is 50.3 Å². The van der Waals surface area contributed by atoms with Crippen LogP contribution < -0.4 is 10.2 Å². The molecule has 0 saturated carbocycles. The minimum atomic E-state index is -0.212. The lowest BCUT2D eigenvalue weighted by molar-refractivity contribution is 0.186. The van der Waals surface area contributed by atoms with Crippen LogP contribution in [0.4, 0.5) is 10.2 Å². The van der Waals surface area contributed by atoms with Crippen molar-refractivity contribution in [1.82, 2.24) is 20.4 Å². The number of pyridine rings is 1. The van der Waals surface area contributed by atoms with Gasteiger partial charge in [-0.2, -0.15) is 4.98 Å². The minimum Gasteiger partial charge on any atom is -0.380 e. The second-order valence-corrected chi connectivity index (χ2v) is 8.48. The Morgan fingerprint density at radius 3 is 2.65 bits per heavy atom. The first-order valence-corrected chi connectivity index (χ1v) is 11.1. The standard InChI is InChI=1S/C23H28FN5O2/c1-3-15-10-16-11-19(23-25-14(2)28-31-23)22(27-21(16)12-20(15)24)29-7-4-17(5-8-29)26-18-6-9-30-13-18/h10-12,17-18,26H,3-9,13H2,1-2H3/t18-/m1/s1. The Kier molecular flexibility index (Phi) is 5.58. The SMILES string of the molecule is CCc1cc2cc(-c3nc(C)no3)c(N3CCC(N[C@@H]4CCOC4)CC3)nc2cc1F. The Balaban J connectivity index is 1.46. The van der Waals surface area contributed by atoms with Gasteiger partial charge in [-0.3, -0.25) is 0 Å². The highest BCUT2D eigenvalue weighted by Crippen LogP contribution is 2.34. The number of hydrogen-bond donors (Lipinski definition) is 1. The van der Waals surface area contributed by atoms with Crippen molar-refractivity contribution in [3.05, 3.63) is 35.4 Å². The first kappa shape index (κ1) is 20.3. The lowest BCUT2D eigenvalue weighted by Gasteiger charge is -2.35. The number of hydrogen-bond acceptors (Lipinski definition) is 7. The highest BCUT2D eigenvalue weighted by Gasteiger charge is 2.27. The molecule has 164 valence electrons. The number of nitrogens with zero attached hydrogens (tertiary/aromatic N) is 4. The third-order valence-corrected chi connectivity index (χ3v) is 6.30. The van der Waals surface area contributed by atoms with Crippen LogP contribution in [0.3, 0.4) is 0 Å². The monoisotopic (exact) mass is 425 g/mol. The molecule has 0 spiro atoms. The molecule has 0 aliphatic carbocycles. The van der Waals surface area contributed by atoms with Gasteiger partial charge in [-0.1, -0.05) is 12.1 Å². The van der Waals surface area contributed by atoms with Crippen LogP contribution in [0.2, 0.25) is 0 Å². The summed E-state index contributed by atoms with van der Waals surface area (Å²) in [4.78, 5) is 11.6. The molecule has 2 saturated heterocycles. The maximum Gasteiger partial charge on any atom is 0.261 e. The number of aryl methyl sites for hydroxylation is 2. The summed E-state index contributed by atoms with van der Waals surface area (Å²) < 4.78 is 25.4. The number of ether oxygens (including phenoxy) is 1. The van der Waals surface area contributed by atoms with Crippen LogP contribution in [0.1, 0.15) is 37.6 Å². The van der Waals surface area contributed by atoms with Gasteiger partial charge in [-0.15, -0.1) is 0 Å². The van der Waals surface area contributed by atoms with Crippen LogP contribution in [-0.2, 0) is 11.2 Å². The van der Waals surface area contributed by atoms with Gasteiger partial charge in [0.2, 0.25) is 0 Å². The molecule has 5 rings (SSSR count). The Morgan fingerprint density at radius 1 is 1.13 bits per heavy atom. The highest BCUT2D eigenvalue weighted by molar-refractivity contribution is 5.88. The Labute approximate surface area is 181 Å².